The maximum absolute atomic E-state index is 11.9. The highest BCUT2D eigenvalue weighted by Crippen LogP contribution is 2.49. The van der Waals surface area contributed by atoms with Gasteiger partial charge in [-0.2, -0.15) is 0 Å². The van der Waals surface area contributed by atoms with E-state index < -0.39 is 11.8 Å². The van der Waals surface area contributed by atoms with E-state index in [1.165, 1.54) is 0 Å². The summed E-state index contributed by atoms with van der Waals surface area (Å²) in [6.07, 6.45) is 4.07. The van der Waals surface area contributed by atoms with Crippen LogP contribution < -0.4 is 10.6 Å². The molecule has 6 heteroatoms. The minimum atomic E-state index is -0.541. The Morgan fingerprint density at radius 3 is 2.64 bits per heavy atom. The van der Waals surface area contributed by atoms with Gasteiger partial charge in [-0.25, -0.2) is 0 Å². The molecule has 0 aromatic carbocycles. The lowest BCUT2D eigenvalue weighted by Crippen LogP contribution is -2.54. The summed E-state index contributed by atoms with van der Waals surface area (Å²) in [6, 6.07) is 0.109. The molecule has 1 spiro atoms. The van der Waals surface area contributed by atoms with Crippen molar-refractivity contribution in [1.82, 2.24) is 10.6 Å². The van der Waals surface area contributed by atoms with Crippen molar-refractivity contribution in [3.63, 3.8) is 0 Å². The van der Waals surface area contributed by atoms with Gasteiger partial charge in [0.2, 0.25) is 0 Å². The molecule has 2 atom stereocenters. The van der Waals surface area contributed by atoms with E-state index >= 15 is 0 Å². The Morgan fingerprint density at radius 1 is 1.32 bits per heavy atom. The van der Waals surface area contributed by atoms with Gasteiger partial charge in [-0.05, 0) is 38.5 Å². The molecule has 2 amide bonds. The van der Waals surface area contributed by atoms with E-state index in [2.05, 4.69) is 17.6 Å². The van der Waals surface area contributed by atoms with Crippen molar-refractivity contribution in [2.24, 2.45) is 11.3 Å². The number of nitrogens with one attached hydrogen (secondary N) is 2. The second-order valence-corrected chi connectivity index (χ2v) is 7.00. The lowest BCUT2D eigenvalue weighted by Gasteiger charge is -2.44. The molecule has 2 rings (SSSR count). The van der Waals surface area contributed by atoms with E-state index in [0.29, 0.717) is 25.2 Å². The first kappa shape index (κ1) is 17.2. The summed E-state index contributed by atoms with van der Waals surface area (Å²) < 4.78 is 10.6. The molecule has 1 heterocycles. The Kier molecular flexibility index (Phi) is 5.81. The first-order valence-electron chi connectivity index (χ1n) is 8.13. The average molecular weight is 312 g/mol. The molecular weight excluding hydrogens is 284 g/mol. The molecule has 1 saturated carbocycles. The zero-order valence-corrected chi connectivity index (χ0v) is 13.8. The molecule has 2 unspecified atom stereocenters. The molecule has 0 bridgehead atoms. The number of carbonyl (C=O) groups is 2. The SMILES string of the molecule is COCCC(C)CNC(=O)C(=O)NC1CC2(COC(C)C2)C1. The summed E-state index contributed by atoms with van der Waals surface area (Å²) >= 11 is 0. The summed E-state index contributed by atoms with van der Waals surface area (Å²) in [5.41, 5.74) is 0.239. The Bertz CT molecular complexity index is 407. The van der Waals surface area contributed by atoms with E-state index in [1.54, 1.807) is 7.11 Å². The Hall–Kier alpha value is -1.14. The van der Waals surface area contributed by atoms with Crippen molar-refractivity contribution < 1.29 is 19.1 Å². The molecule has 22 heavy (non-hydrogen) atoms. The fourth-order valence-corrected chi connectivity index (χ4v) is 3.44. The van der Waals surface area contributed by atoms with Gasteiger partial charge >= 0.3 is 11.8 Å². The molecule has 6 nitrogen and oxygen atoms in total. The van der Waals surface area contributed by atoms with E-state index in [0.717, 1.165) is 32.3 Å². The predicted molar refractivity (Wildman–Crippen MR) is 82.3 cm³/mol. The van der Waals surface area contributed by atoms with Crippen molar-refractivity contribution >= 4 is 11.8 Å². The van der Waals surface area contributed by atoms with Gasteiger partial charge in [0.25, 0.3) is 0 Å². The summed E-state index contributed by atoms with van der Waals surface area (Å²) in [4.78, 5) is 23.6. The lowest BCUT2D eigenvalue weighted by atomic mass is 9.64. The van der Waals surface area contributed by atoms with Crippen LogP contribution >= 0.6 is 0 Å². The van der Waals surface area contributed by atoms with Gasteiger partial charge in [0, 0.05) is 31.7 Å². The summed E-state index contributed by atoms with van der Waals surface area (Å²) in [5, 5.41) is 5.50. The minimum absolute atomic E-state index is 0.109. The molecule has 2 fully saturated rings. The van der Waals surface area contributed by atoms with Crippen LogP contribution in [0.1, 0.15) is 39.5 Å². The van der Waals surface area contributed by atoms with Crippen LogP contribution in [0.3, 0.4) is 0 Å². The third-order valence-corrected chi connectivity index (χ3v) is 4.72. The van der Waals surface area contributed by atoms with E-state index in [4.69, 9.17) is 9.47 Å². The number of ether oxygens (including phenoxy) is 2. The minimum Gasteiger partial charge on any atom is -0.385 e. The van der Waals surface area contributed by atoms with Crippen LogP contribution in [0.2, 0.25) is 0 Å². The maximum atomic E-state index is 11.9. The molecule has 1 aliphatic heterocycles. The van der Waals surface area contributed by atoms with E-state index in [1.807, 2.05) is 6.92 Å². The molecule has 126 valence electrons. The van der Waals surface area contributed by atoms with Gasteiger partial charge in [0.15, 0.2) is 0 Å². The zero-order valence-electron chi connectivity index (χ0n) is 13.8. The number of carbonyl (C=O) groups excluding carboxylic acids is 2. The molecule has 0 aromatic rings. The van der Waals surface area contributed by atoms with Crippen LogP contribution in [0.4, 0.5) is 0 Å². The van der Waals surface area contributed by atoms with Crippen LogP contribution in [0.15, 0.2) is 0 Å². The maximum Gasteiger partial charge on any atom is 0.309 e. The van der Waals surface area contributed by atoms with Crippen LogP contribution in [0.5, 0.6) is 0 Å². The molecule has 0 aromatic heterocycles. The number of amides is 2. The monoisotopic (exact) mass is 312 g/mol. The topological polar surface area (TPSA) is 76.7 Å². The Morgan fingerprint density at radius 2 is 2.05 bits per heavy atom. The van der Waals surface area contributed by atoms with E-state index in [9.17, 15) is 9.59 Å². The second-order valence-electron chi connectivity index (χ2n) is 7.00. The van der Waals surface area contributed by atoms with Crippen LogP contribution in [0.25, 0.3) is 0 Å². The highest BCUT2D eigenvalue weighted by atomic mass is 16.5. The number of hydrogen-bond donors (Lipinski definition) is 2. The third-order valence-electron chi connectivity index (χ3n) is 4.72. The average Bonchev–Trinajstić information content (AvgIpc) is 2.84. The summed E-state index contributed by atoms with van der Waals surface area (Å²) in [7, 11) is 1.65. The van der Waals surface area contributed by atoms with Gasteiger partial charge in [-0.3, -0.25) is 9.59 Å². The smallest absolute Gasteiger partial charge is 0.309 e. The lowest BCUT2D eigenvalue weighted by molar-refractivity contribution is -0.140. The van der Waals surface area contributed by atoms with E-state index in [-0.39, 0.29) is 11.5 Å². The van der Waals surface area contributed by atoms with Gasteiger partial charge < -0.3 is 20.1 Å². The number of methoxy groups -OCH3 is 1. The van der Waals surface area contributed by atoms with Crippen molar-refractivity contribution in [2.45, 2.75) is 51.7 Å². The molecule has 1 aliphatic carbocycles. The fraction of sp³-hybridized carbons (Fsp3) is 0.875. The van der Waals surface area contributed by atoms with Gasteiger partial charge in [0.05, 0.1) is 12.7 Å². The fourth-order valence-electron chi connectivity index (χ4n) is 3.44. The van der Waals surface area contributed by atoms with Gasteiger partial charge in [-0.1, -0.05) is 6.92 Å². The zero-order chi connectivity index (χ0) is 16.2. The molecule has 1 saturated heterocycles. The van der Waals surface area contributed by atoms with Crippen molar-refractivity contribution in [2.75, 3.05) is 26.9 Å². The largest absolute Gasteiger partial charge is 0.385 e. The van der Waals surface area contributed by atoms with Crippen LogP contribution in [-0.2, 0) is 19.1 Å². The summed E-state index contributed by atoms with van der Waals surface area (Å²) in [5.74, 6) is -0.771. The first-order chi connectivity index (χ1) is 10.4. The van der Waals surface area contributed by atoms with Crippen LogP contribution in [0, 0.1) is 11.3 Å². The third kappa shape index (κ3) is 4.43. The standard InChI is InChI=1S/C16H28N2O4/c1-11(4-5-21-3)9-17-14(19)15(20)18-13-7-16(8-13)6-12(2)22-10-16/h11-13H,4-10H2,1-3H3,(H,17,19)(H,18,20). The molecule has 0 radical (unpaired) electrons. The molecule has 2 aliphatic rings. The normalized spacial score (nSPS) is 31.6. The highest BCUT2D eigenvalue weighted by Gasteiger charge is 2.49. The highest BCUT2D eigenvalue weighted by molar-refractivity contribution is 6.35. The quantitative estimate of drug-likeness (QED) is 0.713. The molecular formula is C16H28N2O4. The first-order valence-corrected chi connectivity index (χ1v) is 8.13. The van der Waals surface area contributed by atoms with Crippen molar-refractivity contribution in [3.05, 3.63) is 0 Å². The van der Waals surface area contributed by atoms with Crippen molar-refractivity contribution in [1.29, 1.82) is 0 Å². The number of rotatable bonds is 6. The predicted octanol–water partition coefficient (Wildman–Crippen LogP) is 0.849. The summed E-state index contributed by atoms with van der Waals surface area (Å²) in [6.45, 7) is 6.04. The van der Waals surface area contributed by atoms with Gasteiger partial charge in [-0.15, -0.1) is 0 Å². The Labute approximate surface area is 132 Å². The number of hydrogen-bond acceptors (Lipinski definition) is 4. The van der Waals surface area contributed by atoms with Crippen molar-refractivity contribution in [3.8, 4) is 0 Å². The Balaban J connectivity index is 1.62. The van der Waals surface area contributed by atoms with Gasteiger partial charge in [0.1, 0.15) is 0 Å². The second kappa shape index (κ2) is 7.42. The van der Waals surface area contributed by atoms with Crippen LogP contribution in [-0.4, -0.2) is 50.8 Å². The molecule has 2 N–H and O–H groups in total.